The molecule has 13 rings (SSSR count). The van der Waals surface area contributed by atoms with Gasteiger partial charge in [0.25, 0.3) is 0 Å². The number of imidazole rings is 2. The van der Waals surface area contributed by atoms with E-state index in [2.05, 4.69) is 186 Å². The highest BCUT2D eigenvalue weighted by molar-refractivity contribution is 5.86. The van der Waals surface area contributed by atoms with E-state index >= 15 is 0 Å². The molecule has 0 saturated heterocycles. The molecule has 4 heterocycles. The minimum Gasteiger partial charge on any atom is -0.321 e. The highest BCUT2D eigenvalue weighted by Gasteiger charge is 2.35. The molecule has 0 aliphatic heterocycles. The fourth-order valence-corrected chi connectivity index (χ4v) is 10.3. The molecular formula is C63H54N8. The van der Waals surface area contributed by atoms with Crippen molar-refractivity contribution in [3.63, 3.8) is 0 Å². The maximum atomic E-state index is 6.61. The van der Waals surface area contributed by atoms with E-state index in [4.69, 9.17) is 31.4 Å². The molecule has 11 aromatic rings. The van der Waals surface area contributed by atoms with Crippen molar-refractivity contribution in [3.8, 4) is 78.5 Å². The molecule has 346 valence electrons. The minimum atomic E-state index is -0.184. The highest BCUT2D eigenvalue weighted by atomic mass is 15.1. The van der Waals surface area contributed by atoms with Gasteiger partial charge >= 0.3 is 0 Å². The van der Waals surface area contributed by atoms with Crippen LogP contribution < -0.4 is 11.5 Å². The van der Waals surface area contributed by atoms with Gasteiger partial charge in [0.2, 0.25) is 11.6 Å². The lowest BCUT2D eigenvalue weighted by Gasteiger charge is -2.38. The predicted octanol–water partition coefficient (Wildman–Crippen LogP) is 14.1. The number of hydrogen-bond acceptors (Lipinski definition) is 6. The predicted molar refractivity (Wildman–Crippen MR) is 288 cm³/mol. The van der Waals surface area contributed by atoms with Gasteiger partial charge in [-0.1, -0.05) is 200 Å². The topological polar surface area (TPSA) is 112 Å². The van der Waals surface area contributed by atoms with Gasteiger partial charge in [-0.2, -0.15) is 0 Å². The number of rotatable bonds is 9. The third-order valence-corrected chi connectivity index (χ3v) is 14.7. The molecule has 0 spiro atoms. The van der Waals surface area contributed by atoms with E-state index in [0.717, 1.165) is 110 Å². The van der Waals surface area contributed by atoms with Crippen LogP contribution in [0.15, 0.2) is 213 Å². The Balaban J connectivity index is 0.000000147. The van der Waals surface area contributed by atoms with Crippen LogP contribution in [0.1, 0.15) is 55.3 Å². The largest absolute Gasteiger partial charge is 0.321 e. The van der Waals surface area contributed by atoms with E-state index in [1.807, 2.05) is 42.5 Å². The number of aryl methyl sites for hydroxylation is 1. The maximum Gasteiger partial charge on any atom is 0.235 e. The summed E-state index contributed by atoms with van der Waals surface area (Å²) in [6.07, 6.45) is 11.0. The van der Waals surface area contributed by atoms with Crippen molar-refractivity contribution in [2.45, 2.75) is 56.5 Å². The second kappa shape index (κ2) is 18.2. The summed E-state index contributed by atoms with van der Waals surface area (Å²) in [4.78, 5) is 20.3. The first-order valence-electron chi connectivity index (χ1n) is 24.7. The van der Waals surface area contributed by atoms with Crippen LogP contribution in [0, 0.1) is 6.92 Å². The average Bonchev–Trinajstić information content (AvgIpc) is 3.96. The van der Waals surface area contributed by atoms with Crippen molar-refractivity contribution in [1.29, 1.82) is 0 Å². The number of fused-ring (bicyclic) bond motifs is 2. The van der Waals surface area contributed by atoms with Gasteiger partial charge in [0.05, 0.1) is 28.5 Å². The molecule has 0 radical (unpaired) electrons. The van der Waals surface area contributed by atoms with Gasteiger partial charge in [-0.3, -0.25) is 8.80 Å². The molecule has 2 saturated carbocycles. The Morgan fingerprint density at radius 3 is 1.08 bits per heavy atom. The van der Waals surface area contributed by atoms with Crippen molar-refractivity contribution in [1.82, 2.24) is 28.7 Å². The van der Waals surface area contributed by atoms with Crippen LogP contribution in [-0.4, -0.2) is 28.7 Å². The normalized spacial score (nSPS) is 14.6. The van der Waals surface area contributed by atoms with Gasteiger partial charge in [-0.05, 0) is 67.7 Å². The molecular weight excluding hydrogens is 869 g/mol. The summed E-state index contributed by atoms with van der Waals surface area (Å²) < 4.78 is 4.24. The van der Waals surface area contributed by atoms with Crippen molar-refractivity contribution in [2.75, 3.05) is 0 Å². The molecule has 2 fully saturated rings. The fraction of sp³-hybridized carbons (Fsp3) is 0.143. The number of aromatic nitrogens is 6. The first-order chi connectivity index (χ1) is 34.8. The zero-order chi connectivity index (χ0) is 47.9. The summed E-state index contributed by atoms with van der Waals surface area (Å²) in [6.45, 7) is 2.10. The van der Waals surface area contributed by atoms with Gasteiger partial charge in [0, 0.05) is 68.1 Å². The fourth-order valence-electron chi connectivity index (χ4n) is 10.3. The van der Waals surface area contributed by atoms with Gasteiger partial charge in [0.1, 0.15) is 0 Å². The summed E-state index contributed by atoms with van der Waals surface area (Å²) in [5.41, 5.74) is 30.9. The lowest BCUT2D eigenvalue weighted by Crippen LogP contribution is -2.43. The smallest absolute Gasteiger partial charge is 0.235 e. The minimum absolute atomic E-state index is 0.164. The lowest BCUT2D eigenvalue weighted by molar-refractivity contribution is 0.253. The van der Waals surface area contributed by atoms with Gasteiger partial charge in [0.15, 0.2) is 0 Å². The molecule has 7 aromatic carbocycles. The van der Waals surface area contributed by atoms with Crippen LogP contribution in [0.25, 0.3) is 90.1 Å². The molecule has 8 nitrogen and oxygen atoms in total. The monoisotopic (exact) mass is 922 g/mol. The Hall–Kier alpha value is -8.30. The second-order valence-electron chi connectivity index (χ2n) is 19.2. The van der Waals surface area contributed by atoms with Crippen molar-refractivity contribution >= 4 is 11.6 Å². The SMILES string of the molecule is Cc1c(-c2ccccc2)nc2nc(-c3ccc(C4(N)CCC4)cc3)c(-c3ccccc3)cn12.NC1(c2ccc(-c3nc4nc(-c5ccccc5)c(-c5ccccc5)n4cc3-c3ccccc3)cc2)CCC1. The first kappa shape index (κ1) is 43.9. The Morgan fingerprint density at radius 1 is 0.352 bits per heavy atom. The van der Waals surface area contributed by atoms with Crippen LogP contribution in [-0.2, 0) is 11.1 Å². The van der Waals surface area contributed by atoms with Gasteiger partial charge in [-0.15, -0.1) is 0 Å². The molecule has 4 aromatic heterocycles. The molecule has 2 aliphatic rings. The van der Waals surface area contributed by atoms with E-state index in [9.17, 15) is 0 Å². The molecule has 8 heteroatoms. The van der Waals surface area contributed by atoms with Crippen LogP contribution in [0.3, 0.4) is 0 Å². The summed E-state index contributed by atoms with van der Waals surface area (Å²) in [6, 6.07) is 69.3. The molecule has 0 bridgehead atoms. The summed E-state index contributed by atoms with van der Waals surface area (Å²) in [5.74, 6) is 1.38. The van der Waals surface area contributed by atoms with E-state index in [0.29, 0.717) is 11.6 Å². The molecule has 0 amide bonds. The zero-order valence-corrected chi connectivity index (χ0v) is 39.8. The number of hydrogen-bond donors (Lipinski definition) is 2. The van der Waals surface area contributed by atoms with Gasteiger partial charge < -0.3 is 11.5 Å². The second-order valence-corrected chi connectivity index (χ2v) is 19.2. The van der Waals surface area contributed by atoms with E-state index in [1.165, 1.54) is 24.0 Å². The Labute approximate surface area is 414 Å². The van der Waals surface area contributed by atoms with Crippen molar-refractivity contribution in [3.05, 3.63) is 229 Å². The maximum absolute atomic E-state index is 6.61. The Morgan fingerprint density at radius 2 is 0.676 bits per heavy atom. The molecule has 0 atom stereocenters. The van der Waals surface area contributed by atoms with Crippen LogP contribution >= 0.6 is 0 Å². The molecule has 2 aliphatic carbocycles. The van der Waals surface area contributed by atoms with E-state index in [-0.39, 0.29) is 11.1 Å². The van der Waals surface area contributed by atoms with Crippen LogP contribution in [0.4, 0.5) is 0 Å². The van der Waals surface area contributed by atoms with E-state index in [1.54, 1.807) is 0 Å². The van der Waals surface area contributed by atoms with Crippen molar-refractivity contribution < 1.29 is 0 Å². The third-order valence-electron chi connectivity index (χ3n) is 14.7. The Bertz CT molecular complexity index is 3640. The zero-order valence-electron chi connectivity index (χ0n) is 39.8. The summed E-state index contributed by atoms with van der Waals surface area (Å²) in [5, 5.41) is 0. The number of nitrogens with zero attached hydrogens (tertiary/aromatic N) is 6. The Kier molecular flexibility index (Phi) is 11.3. The average molecular weight is 923 g/mol. The standard InChI is InChI=1S/C34H28N4.C29H26N4/c35-34(21-10-22-34)28-19-17-26(18-20-28)30-29(24-11-4-1-5-12-24)23-38-32(27-15-8-3-9-16-27)31(37-33(38)36-30)25-13-6-2-7-14-25;1-20-26(22-11-6-3-7-12-22)31-28-32-27(25(19-33(20)28)21-9-4-2-5-10-21)23-13-15-24(16-14-23)29(30)17-8-18-29/h1-9,11-20,23H,10,21-22,35H2;2-7,9-16,19H,8,17-18,30H2,1H3. The number of benzene rings is 7. The quantitative estimate of drug-likeness (QED) is 0.149. The summed E-state index contributed by atoms with van der Waals surface area (Å²) >= 11 is 0. The highest BCUT2D eigenvalue weighted by Crippen LogP contribution is 2.42. The van der Waals surface area contributed by atoms with Gasteiger partial charge in [-0.25, -0.2) is 19.9 Å². The third kappa shape index (κ3) is 8.21. The molecule has 0 unspecified atom stereocenters. The van der Waals surface area contributed by atoms with Crippen molar-refractivity contribution in [2.24, 2.45) is 11.5 Å². The molecule has 4 N–H and O–H groups in total. The van der Waals surface area contributed by atoms with Crippen LogP contribution in [0.5, 0.6) is 0 Å². The first-order valence-corrected chi connectivity index (χ1v) is 24.7. The van der Waals surface area contributed by atoms with E-state index < -0.39 is 0 Å². The summed E-state index contributed by atoms with van der Waals surface area (Å²) in [7, 11) is 0. The number of nitrogens with two attached hydrogens (primary N) is 2. The van der Waals surface area contributed by atoms with Crippen LogP contribution in [0.2, 0.25) is 0 Å². The molecule has 71 heavy (non-hydrogen) atoms. The lowest BCUT2D eigenvalue weighted by atomic mass is 9.72.